The van der Waals surface area contributed by atoms with Gasteiger partial charge in [-0.15, -0.1) is 0 Å². The van der Waals surface area contributed by atoms with Gasteiger partial charge in [-0.1, -0.05) is 24.9 Å². The number of amides is 1. The maximum absolute atomic E-state index is 11.4. The summed E-state index contributed by atoms with van der Waals surface area (Å²) in [6.45, 7) is 3.06. The number of carbonyl (C=O) groups is 1. The molecule has 6 nitrogen and oxygen atoms in total. The highest BCUT2D eigenvalue weighted by Crippen LogP contribution is 2.30. The Labute approximate surface area is 102 Å². The Kier molecular flexibility index (Phi) is 5.80. The highest BCUT2D eigenvalue weighted by Gasteiger charge is 2.29. The third kappa shape index (κ3) is 4.63. The van der Waals surface area contributed by atoms with Gasteiger partial charge in [0.1, 0.15) is 0 Å². The van der Waals surface area contributed by atoms with Crippen LogP contribution in [0.15, 0.2) is 5.11 Å². The highest BCUT2D eigenvalue weighted by atomic mass is 16.1. The van der Waals surface area contributed by atoms with Gasteiger partial charge >= 0.3 is 0 Å². The van der Waals surface area contributed by atoms with E-state index in [1.807, 2.05) is 0 Å². The number of carbonyl (C=O) groups excluding carboxylic acids is 1. The summed E-state index contributed by atoms with van der Waals surface area (Å²) in [5, 5.41) is 6.53. The van der Waals surface area contributed by atoms with Gasteiger partial charge < -0.3 is 11.1 Å². The van der Waals surface area contributed by atoms with E-state index in [1.54, 1.807) is 0 Å². The lowest BCUT2D eigenvalue weighted by Gasteiger charge is -2.32. The smallest absolute Gasteiger partial charge is 0.234 e. The maximum Gasteiger partial charge on any atom is 0.234 e. The topological polar surface area (TPSA) is 104 Å². The van der Waals surface area contributed by atoms with E-state index in [0.717, 1.165) is 19.3 Å². The number of nitrogens with zero attached hydrogens (tertiary/aromatic N) is 3. The average Bonchev–Trinajstić information content (AvgIpc) is 2.28. The summed E-state index contributed by atoms with van der Waals surface area (Å²) in [5.41, 5.74) is 13.6. The van der Waals surface area contributed by atoms with E-state index in [2.05, 4.69) is 22.3 Å². The minimum absolute atomic E-state index is 0.286. The van der Waals surface area contributed by atoms with Gasteiger partial charge in [0.05, 0.1) is 6.04 Å². The van der Waals surface area contributed by atoms with E-state index in [4.69, 9.17) is 11.3 Å². The van der Waals surface area contributed by atoms with E-state index in [-0.39, 0.29) is 11.9 Å². The fourth-order valence-corrected chi connectivity index (χ4v) is 2.60. The zero-order chi connectivity index (χ0) is 12.7. The number of primary amides is 1. The van der Waals surface area contributed by atoms with Crippen LogP contribution < -0.4 is 11.1 Å². The molecule has 0 aromatic rings. The van der Waals surface area contributed by atoms with Crippen LogP contribution in [-0.4, -0.2) is 25.0 Å². The Bertz CT molecular complexity index is 300. The van der Waals surface area contributed by atoms with E-state index in [1.165, 1.54) is 6.42 Å². The lowest BCUT2D eigenvalue weighted by atomic mass is 9.78. The van der Waals surface area contributed by atoms with Crippen LogP contribution in [0.2, 0.25) is 0 Å². The molecule has 17 heavy (non-hydrogen) atoms. The quantitative estimate of drug-likeness (QED) is 0.318. The van der Waals surface area contributed by atoms with E-state index < -0.39 is 0 Å². The monoisotopic (exact) mass is 239 g/mol. The molecule has 3 atom stereocenters. The lowest BCUT2D eigenvalue weighted by Crippen LogP contribution is -2.48. The van der Waals surface area contributed by atoms with Gasteiger partial charge in [-0.05, 0) is 30.2 Å². The van der Waals surface area contributed by atoms with Crippen LogP contribution >= 0.6 is 0 Å². The second-order valence-electron chi connectivity index (χ2n) is 4.82. The molecule has 0 aliphatic heterocycles. The molecular formula is C11H21N5O. The van der Waals surface area contributed by atoms with E-state index in [9.17, 15) is 4.79 Å². The summed E-state index contributed by atoms with van der Waals surface area (Å²) >= 11 is 0. The fourth-order valence-electron chi connectivity index (χ4n) is 2.60. The van der Waals surface area contributed by atoms with Crippen molar-refractivity contribution in [3.63, 3.8) is 0 Å². The summed E-state index contributed by atoms with van der Waals surface area (Å²) in [6.07, 6.45) is 4.49. The summed E-state index contributed by atoms with van der Waals surface area (Å²) in [7, 11) is 0. The first kappa shape index (κ1) is 13.8. The normalized spacial score (nSPS) is 25.9. The molecule has 3 N–H and O–H groups in total. The molecule has 0 aromatic heterocycles. The zero-order valence-electron chi connectivity index (χ0n) is 10.3. The van der Waals surface area contributed by atoms with E-state index >= 15 is 0 Å². The Morgan fingerprint density at radius 2 is 2.41 bits per heavy atom. The molecule has 0 saturated heterocycles. The molecule has 1 amide bonds. The van der Waals surface area contributed by atoms with Gasteiger partial charge in [-0.2, -0.15) is 0 Å². The van der Waals surface area contributed by atoms with Crippen molar-refractivity contribution < 1.29 is 4.79 Å². The Hall–Kier alpha value is -1.26. The van der Waals surface area contributed by atoms with Gasteiger partial charge in [0.15, 0.2) is 0 Å². The first-order chi connectivity index (χ1) is 8.15. The SMILES string of the molecule is CC1CCCC(C(NCCN=[N+]=[N-])C(N)=O)C1. The van der Waals surface area contributed by atoms with Crippen molar-refractivity contribution in [3.8, 4) is 0 Å². The molecule has 1 aliphatic carbocycles. The zero-order valence-corrected chi connectivity index (χ0v) is 10.3. The molecule has 6 heteroatoms. The van der Waals surface area contributed by atoms with Crippen molar-refractivity contribution in [1.29, 1.82) is 0 Å². The van der Waals surface area contributed by atoms with Gasteiger partial charge in [-0.25, -0.2) is 0 Å². The first-order valence-corrected chi connectivity index (χ1v) is 6.18. The molecule has 96 valence electrons. The van der Waals surface area contributed by atoms with Crippen molar-refractivity contribution in [2.24, 2.45) is 22.7 Å². The fraction of sp³-hybridized carbons (Fsp3) is 0.909. The van der Waals surface area contributed by atoms with Gasteiger partial charge in [-0.3, -0.25) is 4.79 Å². The minimum atomic E-state index is -0.301. The summed E-state index contributed by atoms with van der Waals surface area (Å²) in [4.78, 5) is 14.1. The highest BCUT2D eigenvalue weighted by molar-refractivity contribution is 5.80. The molecule has 1 aliphatic rings. The molecule has 0 radical (unpaired) electrons. The molecule has 0 spiro atoms. The van der Waals surface area contributed by atoms with Crippen LogP contribution in [0.5, 0.6) is 0 Å². The first-order valence-electron chi connectivity index (χ1n) is 6.18. The Morgan fingerprint density at radius 3 is 3.00 bits per heavy atom. The Morgan fingerprint density at radius 1 is 1.65 bits per heavy atom. The molecule has 1 fully saturated rings. The Balaban J connectivity index is 2.46. The van der Waals surface area contributed by atoms with Gasteiger partial charge in [0.25, 0.3) is 0 Å². The van der Waals surface area contributed by atoms with Crippen LogP contribution in [0.3, 0.4) is 0 Å². The number of hydrogen-bond acceptors (Lipinski definition) is 3. The molecule has 3 unspecified atom stereocenters. The van der Waals surface area contributed by atoms with Crippen molar-refractivity contribution in [2.75, 3.05) is 13.1 Å². The van der Waals surface area contributed by atoms with Gasteiger partial charge in [0.2, 0.25) is 5.91 Å². The second kappa shape index (κ2) is 7.14. The molecule has 1 rings (SSSR count). The van der Waals surface area contributed by atoms with Crippen LogP contribution in [0.1, 0.15) is 32.6 Å². The van der Waals surface area contributed by atoms with Crippen LogP contribution in [0, 0.1) is 11.8 Å². The molecule has 0 bridgehead atoms. The van der Waals surface area contributed by atoms with Gasteiger partial charge in [0, 0.05) is 18.0 Å². The summed E-state index contributed by atoms with van der Waals surface area (Å²) < 4.78 is 0. The third-order valence-corrected chi connectivity index (χ3v) is 3.39. The standard InChI is InChI=1S/C11H21N5O/c1-8-3-2-4-9(7-8)10(11(12)17)14-5-6-15-16-13/h8-10,14H,2-7H2,1H3,(H2,12,17). The number of rotatable bonds is 6. The molecule has 0 heterocycles. The van der Waals surface area contributed by atoms with Crippen molar-refractivity contribution in [2.45, 2.75) is 38.6 Å². The number of azide groups is 1. The predicted octanol–water partition coefficient (Wildman–Crippen LogP) is 1.57. The van der Waals surface area contributed by atoms with Crippen molar-refractivity contribution in [3.05, 3.63) is 10.4 Å². The van der Waals surface area contributed by atoms with Crippen LogP contribution in [0.4, 0.5) is 0 Å². The minimum Gasteiger partial charge on any atom is -0.368 e. The van der Waals surface area contributed by atoms with Crippen molar-refractivity contribution in [1.82, 2.24) is 5.32 Å². The largest absolute Gasteiger partial charge is 0.368 e. The third-order valence-electron chi connectivity index (χ3n) is 3.39. The summed E-state index contributed by atoms with van der Waals surface area (Å²) in [6, 6.07) is -0.286. The predicted molar refractivity (Wildman–Crippen MR) is 66.1 cm³/mol. The number of hydrogen-bond donors (Lipinski definition) is 2. The summed E-state index contributed by atoms with van der Waals surface area (Å²) in [5.74, 6) is 0.682. The van der Waals surface area contributed by atoms with Crippen molar-refractivity contribution >= 4 is 5.91 Å². The molecule has 0 aromatic carbocycles. The average molecular weight is 239 g/mol. The van der Waals surface area contributed by atoms with E-state index in [0.29, 0.717) is 24.9 Å². The maximum atomic E-state index is 11.4. The van der Waals surface area contributed by atoms with Crippen LogP contribution in [0.25, 0.3) is 10.4 Å². The number of nitrogens with two attached hydrogens (primary N) is 1. The number of nitrogens with one attached hydrogen (secondary N) is 1. The van der Waals surface area contributed by atoms with Crippen LogP contribution in [-0.2, 0) is 4.79 Å². The molecular weight excluding hydrogens is 218 g/mol. The lowest BCUT2D eigenvalue weighted by molar-refractivity contribution is -0.121. The second-order valence-corrected chi connectivity index (χ2v) is 4.82. The molecule has 1 saturated carbocycles.